The van der Waals surface area contributed by atoms with Crippen LogP contribution in [0.1, 0.15) is 5.56 Å². The number of nitrogens with zero attached hydrogens (tertiary/aromatic N) is 6. The molecule has 4 aromatic rings. The van der Waals surface area contributed by atoms with Crippen LogP contribution < -0.4 is 0 Å². The molecule has 0 N–H and O–H groups in total. The summed E-state index contributed by atoms with van der Waals surface area (Å²) in [5, 5.41) is 8.60. The molecule has 0 saturated heterocycles. The van der Waals surface area contributed by atoms with Crippen LogP contribution in [0.5, 0.6) is 0 Å². The van der Waals surface area contributed by atoms with Gasteiger partial charge in [-0.1, -0.05) is 6.07 Å². The van der Waals surface area contributed by atoms with Crippen LogP contribution in [0, 0.1) is 0 Å². The van der Waals surface area contributed by atoms with Gasteiger partial charge in [-0.2, -0.15) is 10.2 Å². The second-order valence-corrected chi connectivity index (χ2v) is 5.30. The number of pyridine rings is 1. The standard InChI is InChI=1S/C16H16N6/c1-20-12-13(11-19-20)6-9-21-10-8-17-16(21)15-4-2-3-14-5-7-18-22(14)15/h2-5,7-8,10-12H,6,9H2,1H3. The van der Waals surface area contributed by atoms with Gasteiger partial charge in [-0.3, -0.25) is 4.68 Å². The third-order valence-corrected chi connectivity index (χ3v) is 3.77. The van der Waals surface area contributed by atoms with E-state index in [-0.39, 0.29) is 0 Å². The molecule has 0 aromatic carbocycles. The van der Waals surface area contributed by atoms with Crippen molar-refractivity contribution in [3.63, 3.8) is 0 Å². The van der Waals surface area contributed by atoms with Crippen molar-refractivity contribution in [1.82, 2.24) is 28.9 Å². The second-order valence-electron chi connectivity index (χ2n) is 5.30. The van der Waals surface area contributed by atoms with Gasteiger partial charge in [0.05, 0.1) is 17.9 Å². The van der Waals surface area contributed by atoms with Crippen LogP contribution in [0.2, 0.25) is 0 Å². The minimum absolute atomic E-state index is 0.860. The van der Waals surface area contributed by atoms with E-state index in [1.807, 2.05) is 71.5 Å². The topological polar surface area (TPSA) is 52.9 Å². The number of imidazole rings is 1. The third-order valence-electron chi connectivity index (χ3n) is 3.77. The Balaban J connectivity index is 1.66. The molecule has 0 aliphatic carbocycles. The van der Waals surface area contributed by atoms with Crippen molar-refractivity contribution in [2.75, 3.05) is 0 Å². The molecule has 0 fully saturated rings. The van der Waals surface area contributed by atoms with Crippen molar-refractivity contribution < 1.29 is 0 Å². The molecule has 0 atom stereocenters. The lowest BCUT2D eigenvalue weighted by Gasteiger charge is -2.08. The van der Waals surface area contributed by atoms with E-state index in [0.29, 0.717) is 0 Å². The minimum atomic E-state index is 0.860. The third kappa shape index (κ3) is 2.18. The maximum atomic E-state index is 4.51. The van der Waals surface area contributed by atoms with E-state index in [1.54, 1.807) is 0 Å². The van der Waals surface area contributed by atoms with Crippen LogP contribution in [0.4, 0.5) is 0 Å². The molecule has 4 aromatic heterocycles. The van der Waals surface area contributed by atoms with Gasteiger partial charge in [0.2, 0.25) is 0 Å². The Hall–Kier alpha value is -2.89. The molecule has 0 aliphatic rings. The molecule has 4 rings (SSSR count). The average Bonchev–Trinajstić information content (AvgIpc) is 3.24. The number of fused-ring (bicyclic) bond motifs is 1. The van der Waals surface area contributed by atoms with Crippen LogP contribution in [0.15, 0.2) is 55.2 Å². The maximum absolute atomic E-state index is 4.51. The Bertz CT molecular complexity index is 913. The largest absolute Gasteiger partial charge is 0.329 e. The van der Waals surface area contributed by atoms with Gasteiger partial charge in [0.1, 0.15) is 5.69 Å². The van der Waals surface area contributed by atoms with Crippen molar-refractivity contribution in [3.05, 3.63) is 60.8 Å². The minimum Gasteiger partial charge on any atom is -0.329 e. The van der Waals surface area contributed by atoms with Crippen molar-refractivity contribution in [2.24, 2.45) is 7.05 Å². The normalized spacial score (nSPS) is 11.3. The van der Waals surface area contributed by atoms with Crippen LogP contribution in [0.25, 0.3) is 17.0 Å². The van der Waals surface area contributed by atoms with Crippen molar-refractivity contribution in [1.29, 1.82) is 0 Å². The van der Waals surface area contributed by atoms with Gasteiger partial charge in [-0.15, -0.1) is 0 Å². The summed E-state index contributed by atoms with van der Waals surface area (Å²) in [5.74, 6) is 0.929. The van der Waals surface area contributed by atoms with E-state index in [0.717, 1.165) is 30.0 Å². The number of hydrogen-bond donors (Lipinski definition) is 0. The Labute approximate surface area is 127 Å². The smallest absolute Gasteiger partial charge is 0.158 e. The second kappa shape index (κ2) is 5.14. The molecule has 4 heterocycles. The van der Waals surface area contributed by atoms with Crippen LogP contribution >= 0.6 is 0 Å². The number of aryl methyl sites for hydroxylation is 3. The molecule has 6 heteroatoms. The monoisotopic (exact) mass is 292 g/mol. The molecule has 0 amide bonds. The van der Waals surface area contributed by atoms with Crippen LogP contribution in [-0.4, -0.2) is 28.9 Å². The van der Waals surface area contributed by atoms with Gasteiger partial charge >= 0.3 is 0 Å². The highest BCUT2D eigenvalue weighted by atomic mass is 15.2. The van der Waals surface area contributed by atoms with Gasteiger partial charge in [-0.05, 0) is 30.2 Å². The Kier molecular flexibility index (Phi) is 3.00. The van der Waals surface area contributed by atoms with E-state index in [4.69, 9.17) is 0 Å². The highest BCUT2D eigenvalue weighted by molar-refractivity contribution is 5.58. The quantitative estimate of drug-likeness (QED) is 0.579. The lowest BCUT2D eigenvalue weighted by atomic mass is 10.2. The zero-order valence-electron chi connectivity index (χ0n) is 12.3. The zero-order valence-corrected chi connectivity index (χ0v) is 12.3. The SMILES string of the molecule is Cn1cc(CCn2ccnc2-c2cccc3ccnn23)cn1. The van der Waals surface area contributed by atoms with Gasteiger partial charge in [0.15, 0.2) is 5.82 Å². The molecular formula is C16H16N6. The summed E-state index contributed by atoms with van der Waals surface area (Å²) in [6.45, 7) is 0.860. The van der Waals surface area contributed by atoms with E-state index in [1.165, 1.54) is 5.56 Å². The summed E-state index contributed by atoms with van der Waals surface area (Å²) >= 11 is 0. The van der Waals surface area contributed by atoms with E-state index < -0.39 is 0 Å². The fourth-order valence-corrected chi connectivity index (χ4v) is 2.69. The van der Waals surface area contributed by atoms with Crippen molar-refractivity contribution >= 4 is 5.52 Å². The summed E-state index contributed by atoms with van der Waals surface area (Å²) < 4.78 is 5.90. The van der Waals surface area contributed by atoms with E-state index in [2.05, 4.69) is 19.7 Å². The molecule has 6 nitrogen and oxygen atoms in total. The van der Waals surface area contributed by atoms with Crippen LogP contribution in [-0.2, 0) is 20.0 Å². The summed E-state index contributed by atoms with van der Waals surface area (Å²) in [6.07, 6.45) is 10.5. The first-order chi connectivity index (χ1) is 10.8. The van der Waals surface area contributed by atoms with Gasteiger partial charge < -0.3 is 4.57 Å². The lowest BCUT2D eigenvalue weighted by Crippen LogP contribution is -2.05. The number of aromatic nitrogens is 6. The van der Waals surface area contributed by atoms with Gasteiger partial charge in [-0.25, -0.2) is 9.50 Å². The Morgan fingerprint density at radius 3 is 2.91 bits per heavy atom. The molecular weight excluding hydrogens is 276 g/mol. The van der Waals surface area contributed by atoms with Gasteiger partial charge in [0, 0.05) is 32.2 Å². The zero-order chi connectivity index (χ0) is 14.9. The Morgan fingerprint density at radius 1 is 1.09 bits per heavy atom. The first kappa shape index (κ1) is 12.8. The fraction of sp³-hybridized carbons (Fsp3) is 0.188. The lowest BCUT2D eigenvalue weighted by molar-refractivity contribution is 0.697. The first-order valence-corrected chi connectivity index (χ1v) is 7.23. The molecule has 0 spiro atoms. The first-order valence-electron chi connectivity index (χ1n) is 7.23. The molecule has 0 unspecified atom stereocenters. The fourth-order valence-electron chi connectivity index (χ4n) is 2.69. The molecule has 0 radical (unpaired) electrons. The Morgan fingerprint density at radius 2 is 2.05 bits per heavy atom. The van der Waals surface area contributed by atoms with E-state index in [9.17, 15) is 0 Å². The number of hydrogen-bond acceptors (Lipinski definition) is 3. The maximum Gasteiger partial charge on any atom is 0.158 e. The van der Waals surface area contributed by atoms with Crippen LogP contribution in [0.3, 0.4) is 0 Å². The molecule has 0 saturated carbocycles. The predicted molar refractivity (Wildman–Crippen MR) is 83.3 cm³/mol. The highest BCUT2D eigenvalue weighted by Gasteiger charge is 2.10. The molecule has 22 heavy (non-hydrogen) atoms. The molecule has 0 aliphatic heterocycles. The number of rotatable bonds is 4. The average molecular weight is 292 g/mol. The molecule has 110 valence electrons. The highest BCUT2D eigenvalue weighted by Crippen LogP contribution is 2.19. The summed E-state index contributed by atoms with van der Waals surface area (Å²) in [7, 11) is 1.94. The summed E-state index contributed by atoms with van der Waals surface area (Å²) in [5.41, 5.74) is 3.29. The summed E-state index contributed by atoms with van der Waals surface area (Å²) in [6, 6.07) is 8.11. The van der Waals surface area contributed by atoms with Crippen molar-refractivity contribution in [3.8, 4) is 11.5 Å². The molecule has 0 bridgehead atoms. The summed E-state index contributed by atoms with van der Waals surface area (Å²) in [4.78, 5) is 4.51. The van der Waals surface area contributed by atoms with Gasteiger partial charge in [0.25, 0.3) is 0 Å². The van der Waals surface area contributed by atoms with Crippen molar-refractivity contribution in [2.45, 2.75) is 13.0 Å². The van der Waals surface area contributed by atoms with E-state index >= 15 is 0 Å². The predicted octanol–water partition coefficient (Wildman–Crippen LogP) is 2.17.